The number of hydrogen-bond acceptors (Lipinski definition) is 10. The van der Waals surface area contributed by atoms with Crippen LogP contribution >= 0.6 is 0 Å². The molecule has 0 fully saturated rings. The van der Waals surface area contributed by atoms with E-state index in [2.05, 4.69) is 15.0 Å². The van der Waals surface area contributed by atoms with E-state index >= 15 is 0 Å². The topological polar surface area (TPSA) is 185 Å². The molecule has 0 atom stereocenters. The summed E-state index contributed by atoms with van der Waals surface area (Å²) in [5.74, 6) is 0.125. The van der Waals surface area contributed by atoms with Crippen molar-refractivity contribution in [2.45, 2.75) is 19.3 Å². The van der Waals surface area contributed by atoms with Crippen LogP contribution in [-0.4, -0.2) is 40.1 Å². The van der Waals surface area contributed by atoms with Gasteiger partial charge in [-0.1, -0.05) is 0 Å². The van der Waals surface area contributed by atoms with Gasteiger partial charge in [0.2, 0.25) is 17.8 Å². The van der Waals surface area contributed by atoms with Gasteiger partial charge in [-0.25, -0.2) is 0 Å². The molecule has 0 bridgehead atoms. The second kappa shape index (κ2) is 14.2. The molecule has 0 spiro atoms. The Kier molecular flexibility index (Phi) is 13.7. The Morgan fingerprint density at radius 2 is 1.00 bits per heavy atom. The van der Waals surface area contributed by atoms with Gasteiger partial charge in [-0.3, -0.25) is 9.59 Å². The lowest BCUT2D eigenvalue weighted by Gasteiger charge is -1.93. The van der Waals surface area contributed by atoms with Crippen LogP contribution < -0.4 is 17.2 Å². The summed E-state index contributed by atoms with van der Waals surface area (Å²) < 4.78 is 0. The number of nitrogens with zero attached hydrogens (tertiary/aromatic N) is 3. The van der Waals surface area contributed by atoms with Crippen LogP contribution in [0, 0.1) is 0 Å². The largest absolute Gasteiger partial charge is 0.368 e. The van der Waals surface area contributed by atoms with Crippen molar-refractivity contribution in [2.75, 3.05) is 17.2 Å². The molecule has 0 amide bonds. The van der Waals surface area contributed by atoms with E-state index in [0.717, 1.165) is 12.6 Å². The maximum atomic E-state index is 9.56. The Morgan fingerprint density at radius 1 is 0.700 bits per heavy atom. The molecule has 10 nitrogen and oxygen atoms in total. The first-order valence-corrected chi connectivity index (χ1v) is 5.30. The number of unbranched alkanes of at least 4 members (excludes halogenated alkanes) is 2. The SMILES string of the molecule is Nc1nc(N)nc(N)n1.O=CC=O.O=CCCCC=O. The van der Waals surface area contributed by atoms with Crippen LogP contribution in [0.5, 0.6) is 0 Å². The zero-order chi connectivity index (χ0) is 15.8. The van der Waals surface area contributed by atoms with Gasteiger partial charge in [0, 0.05) is 12.8 Å². The van der Waals surface area contributed by atoms with Crippen LogP contribution in [0.2, 0.25) is 0 Å². The van der Waals surface area contributed by atoms with Gasteiger partial charge in [0.25, 0.3) is 0 Å². The fourth-order valence-corrected chi connectivity index (χ4v) is 0.712. The minimum atomic E-state index is 0.0417. The summed E-state index contributed by atoms with van der Waals surface area (Å²) in [5, 5.41) is 0. The molecule has 0 saturated carbocycles. The summed E-state index contributed by atoms with van der Waals surface area (Å²) in [4.78, 5) is 47.2. The Balaban J connectivity index is 0. The summed E-state index contributed by atoms with van der Waals surface area (Å²) >= 11 is 0. The highest BCUT2D eigenvalue weighted by atomic mass is 16.2. The van der Waals surface area contributed by atoms with Crippen molar-refractivity contribution in [3.05, 3.63) is 0 Å². The number of aldehydes is 4. The fourth-order valence-electron chi connectivity index (χ4n) is 0.712. The van der Waals surface area contributed by atoms with E-state index < -0.39 is 0 Å². The van der Waals surface area contributed by atoms with Gasteiger partial charge in [-0.05, 0) is 6.42 Å². The molecule has 1 aromatic heterocycles. The molecule has 110 valence electrons. The molecule has 0 saturated heterocycles. The van der Waals surface area contributed by atoms with E-state index in [9.17, 15) is 9.59 Å². The number of carbonyl (C=O) groups is 4. The predicted octanol–water partition coefficient (Wildman–Crippen LogP) is -1.44. The molecule has 0 aromatic carbocycles. The van der Waals surface area contributed by atoms with Crippen molar-refractivity contribution in [2.24, 2.45) is 0 Å². The number of carbonyl (C=O) groups excluding carboxylic acids is 4. The number of hydrogen-bond donors (Lipinski definition) is 3. The molecule has 0 aliphatic rings. The normalized spacial score (nSPS) is 8.00. The smallest absolute Gasteiger partial charge is 0.226 e. The summed E-state index contributed by atoms with van der Waals surface area (Å²) in [6.07, 6.45) is 3.76. The van der Waals surface area contributed by atoms with Gasteiger partial charge in [0.15, 0.2) is 12.6 Å². The summed E-state index contributed by atoms with van der Waals surface area (Å²) in [6.45, 7) is 0. The predicted molar refractivity (Wildman–Crippen MR) is 71.2 cm³/mol. The van der Waals surface area contributed by atoms with Crippen LogP contribution in [0.3, 0.4) is 0 Å². The molecule has 0 unspecified atom stereocenters. The standard InChI is InChI=1S/C5H8O2.C3H6N6.C2H2O2/c6-4-2-1-3-5-7;4-1-7-2(5)9-3(6)8-1;3-1-2-4/h4-5H,1-3H2;(H6,4,5,6,7,8,9);1-2H. The average molecular weight is 284 g/mol. The highest BCUT2D eigenvalue weighted by Gasteiger charge is 1.93. The molecule has 20 heavy (non-hydrogen) atoms. The minimum Gasteiger partial charge on any atom is -0.368 e. The molecule has 0 radical (unpaired) electrons. The van der Waals surface area contributed by atoms with E-state index in [-0.39, 0.29) is 30.4 Å². The molecule has 0 aliphatic heterocycles. The van der Waals surface area contributed by atoms with Gasteiger partial charge < -0.3 is 26.8 Å². The van der Waals surface area contributed by atoms with Crippen molar-refractivity contribution >= 4 is 43.0 Å². The van der Waals surface area contributed by atoms with Gasteiger partial charge in [-0.2, -0.15) is 15.0 Å². The highest BCUT2D eigenvalue weighted by Crippen LogP contribution is 1.97. The number of rotatable bonds is 5. The van der Waals surface area contributed by atoms with E-state index in [0.29, 0.717) is 19.3 Å². The Bertz CT molecular complexity index is 362. The minimum absolute atomic E-state index is 0.0417. The number of aromatic nitrogens is 3. The second-order valence-electron chi connectivity index (χ2n) is 2.95. The number of anilines is 3. The van der Waals surface area contributed by atoms with Crippen LogP contribution in [0.4, 0.5) is 17.8 Å². The maximum Gasteiger partial charge on any atom is 0.226 e. The fraction of sp³-hybridized carbons (Fsp3) is 0.300. The molecule has 10 heteroatoms. The van der Waals surface area contributed by atoms with E-state index in [1.165, 1.54) is 0 Å². The van der Waals surface area contributed by atoms with Gasteiger partial charge in [-0.15, -0.1) is 0 Å². The first-order chi connectivity index (χ1) is 9.51. The van der Waals surface area contributed by atoms with Crippen molar-refractivity contribution < 1.29 is 19.2 Å². The zero-order valence-corrected chi connectivity index (χ0v) is 10.6. The summed E-state index contributed by atoms with van der Waals surface area (Å²) in [7, 11) is 0. The molecule has 6 N–H and O–H groups in total. The molecular formula is C10H16N6O4. The Hall–Kier alpha value is -2.91. The molecular weight excluding hydrogens is 268 g/mol. The third-order valence-electron chi connectivity index (χ3n) is 1.39. The van der Waals surface area contributed by atoms with Crippen LogP contribution in [0.25, 0.3) is 0 Å². The monoisotopic (exact) mass is 284 g/mol. The third-order valence-corrected chi connectivity index (χ3v) is 1.39. The molecule has 1 rings (SSSR count). The lowest BCUT2D eigenvalue weighted by molar-refractivity contribution is -0.122. The second-order valence-corrected chi connectivity index (χ2v) is 2.95. The molecule has 1 heterocycles. The van der Waals surface area contributed by atoms with E-state index in [4.69, 9.17) is 26.8 Å². The van der Waals surface area contributed by atoms with Crippen molar-refractivity contribution in [3.63, 3.8) is 0 Å². The summed E-state index contributed by atoms with van der Waals surface area (Å²) in [6, 6.07) is 0. The van der Waals surface area contributed by atoms with E-state index in [1.54, 1.807) is 0 Å². The van der Waals surface area contributed by atoms with Gasteiger partial charge in [0.05, 0.1) is 0 Å². The maximum absolute atomic E-state index is 9.56. The van der Waals surface area contributed by atoms with Crippen molar-refractivity contribution in [1.29, 1.82) is 0 Å². The van der Waals surface area contributed by atoms with Crippen molar-refractivity contribution in [1.82, 2.24) is 15.0 Å². The van der Waals surface area contributed by atoms with Crippen molar-refractivity contribution in [3.8, 4) is 0 Å². The zero-order valence-electron chi connectivity index (χ0n) is 10.6. The number of nitrogen functional groups attached to an aromatic ring is 3. The Labute approximate surface area is 114 Å². The first-order valence-electron chi connectivity index (χ1n) is 5.30. The molecule has 0 aliphatic carbocycles. The quantitative estimate of drug-likeness (QED) is 0.328. The number of nitrogens with two attached hydrogens (primary N) is 3. The van der Waals surface area contributed by atoms with Crippen LogP contribution in [0.15, 0.2) is 0 Å². The van der Waals surface area contributed by atoms with Gasteiger partial charge >= 0.3 is 0 Å². The van der Waals surface area contributed by atoms with Crippen LogP contribution in [0.1, 0.15) is 19.3 Å². The summed E-state index contributed by atoms with van der Waals surface area (Å²) in [5.41, 5.74) is 15.4. The highest BCUT2D eigenvalue weighted by molar-refractivity contribution is 6.09. The van der Waals surface area contributed by atoms with Crippen LogP contribution in [-0.2, 0) is 19.2 Å². The lowest BCUT2D eigenvalue weighted by Crippen LogP contribution is -2.05. The first kappa shape index (κ1) is 19.4. The van der Waals surface area contributed by atoms with Gasteiger partial charge in [0.1, 0.15) is 12.6 Å². The lowest BCUT2D eigenvalue weighted by atomic mass is 10.3. The Morgan fingerprint density at radius 3 is 1.20 bits per heavy atom. The van der Waals surface area contributed by atoms with E-state index in [1.807, 2.05) is 0 Å². The third kappa shape index (κ3) is 15.1. The average Bonchev–Trinajstić information content (AvgIpc) is 2.39. The molecule has 1 aromatic rings.